The minimum absolute atomic E-state index is 0.159. The van der Waals surface area contributed by atoms with Crippen LogP contribution in [0.2, 0.25) is 0 Å². The van der Waals surface area contributed by atoms with Crippen molar-refractivity contribution in [3.8, 4) is 11.5 Å². The van der Waals surface area contributed by atoms with Gasteiger partial charge < -0.3 is 19.2 Å². The molecule has 0 unspecified atom stereocenters. The Kier molecular flexibility index (Phi) is 4.87. The van der Waals surface area contributed by atoms with Crippen LogP contribution in [0.25, 0.3) is 0 Å². The summed E-state index contributed by atoms with van der Waals surface area (Å²) >= 11 is 0. The number of hydrogen-bond acceptors (Lipinski definition) is 4. The number of furan rings is 1. The maximum absolute atomic E-state index is 12.0. The Morgan fingerprint density at radius 1 is 1.24 bits per heavy atom. The van der Waals surface area contributed by atoms with Gasteiger partial charge in [0.25, 0.3) is 5.91 Å². The molecule has 5 nitrogen and oxygen atoms in total. The van der Waals surface area contributed by atoms with E-state index in [1.807, 2.05) is 31.2 Å². The molecule has 1 N–H and O–H groups in total. The number of nitrogens with one attached hydrogen (secondary N) is 1. The fraction of sp³-hybridized carbons (Fsp3) is 0.312. The molecule has 0 bridgehead atoms. The molecule has 0 fully saturated rings. The van der Waals surface area contributed by atoms with E-state index in [0.717, 1.165) is 5.76 Å². The quantitative estimate of drug-likeness (QED) is 0.831. The molecule has 21 heavy (non-hydrogen) atoms. The predicted octanol–water partition coefficient (Wildman–Crippen LogP) is 2.71. The van der Waals surface area contributed by atoms with Gasteiger partial charge in [-0.3, -0.25) is 4.79 Å². The molecule has 0 aliphatic heterocycles. The van der Waals surface area contributed by atoms with Crippen molar-refractivity contribution in [1.82, 2.24) is 5.32 Å². The van der Waals surface area contributed by atoms with Crippen LogP contribution in [0.1, 0.15) is 21.9 Å². The van der Waals surface area contributed by atoms with E-state index in [1.165, 1.54) is 0 Å². The largest absolute Gasteiger partial charge is 0.493 e. The fourth-order valence-corrected chi connectivity index (χ4v) is 2.02. The molecule has 0 aliphatic rings. The van der Waals surface area contributed by atoms with Crippen molar-refractivity contribution in [2.75, 3.05) is 20.3 Å². The van der Waals surface area contributed by atoms with Crippen LogP contribution in [-0.2, 0) is 0 Å². The van der Waals surface area contributed by atoms with E-state index in [0.29, 0.717) is 36.0 Å². The highest BCUT2D eigenvalue weighted by Crippen LogP contribution is 2.25. The van der Waals surface area contributed by atoms with E-state index in [4.69, 9.17) is 13.9 Å². The van der Waals surface area contributed by atoms with Crippen molar-refractivity contribution in [3.05, 3.63) is 47.4 Å². The molecule has 1 aromatic carbocycles. The number of benzene rings is 1. The number of aryl methyl sites for hydroxylation is 2. The minimum Gasteiger partial charge on any atom is -0.493 e. The summed E-state index contributed by atoms with van der Waals surface area (Å²) in [6, 6.07) is 9.12. The zero-order chi connectivity index (χ0) is 15.2. The molecule has 1 heterocycles. The second-order valence-corrected chi connectivity index (χ2v) is 4.58. The molecule has 0 saturated carbocycles. The third kappa shape index (κ3) is 3.78. The average molecular weight is 289 g/mol. The predicted molar refractivity (Wildman–Crippen MR) is 79.0 cm³/mol. The number of amides is 1. The first-order valence-corrected chi connectivity index (χ1v) is 6.73. The van der Waals surface area contributed by atoms with Gasteiger partial charge >= 0.3 is 0 Å². The maximum atomic E-state index is 12.0. The van der Waals surface area contributed by atoms with E-state index in [9.17, 15) is 4.79 Å². The number of para-hydroxylation sites is 2. The SMILES string of the molecule is COc1ccccc1OCCNC(=O)c1cc(C)oc1C. The monoisotopic (exact) mass is 289 g/mol. The van der Waals surface area contributed by atoms with Crippen LogP contribution in [0.15, 0.2) is 34.7 Å². The van der Waals surface area contributed by atoms with Crippen molar-refractivity contribution >= 4 is 5.91 Å². The molecular weight excluding hydrogens is 270 g/mol. The van der Waals surface area contributed by atoms with Gasteiger partial charge in [-0.1, -0.05) is 12.1 Å². The highest BCUT2D eigenvalue weighted by molar-refractivity contribution is 5.95. The van der Waals surface area contributed by atoms with Gasteiger partial charge in [-0.05, 0) is 32.0 Å². The summed E-state index contributed by atoms with van der Waals surface area (Å²) in [7, 11) is 1.59. The Morgan fingerprint density at radius 3 is 2.57 bits per heavy atom. The smallest absolute Gasteiger partial charge is 0.254 e. The first-order valence-electron chi connectivity index (χ1n) is 6.73. The zero-order valence-electron chi connectivity index (χ0n) is 12.4. The summed E-state index contributed by atoms with van der Waals surface area (Å²) in [5.74, 6) is 2.52. The fourth-order valence-electron chi connectivity index (χ4n) is 2.02. The Labute approximate surface area is 123 Å². The zero-order valence-corrected chi connectivity index (χ0v) is 12.4. The summed E-state index contributed by atoms with van der Waals surface area (Å²) in [6.45, 7) is 4.35. The van der Waals surface area contributed by atoms with Crippen molar-refractivity contribution in [1.29, 1.82) is 0 Å². The molecule has 1 aromatic heterocycles. The van der Waals surface area contributed by atoms with Crippen molar-refractivity contribution in [2.45, 2.75) is 13.8 Å². The maximum Gasteiger partial charge on any atom is 0.254 e. The number of hydrogen-bond donors (Lipinski definition) is 1. The molecule has 112 valence electrons. The lowest BCUT2D eigenvalue weighted by atomic mass is 10.2. The Morgan fingerprint density at radius 2 is 1.95 bits per heavy atom. The normalized spacial score (nSPS) is 10.2. The number of methoxy groups -OCH3 is 1. The average Bonchev–Trinajstić information content (AvgIpc) is 2.82. The van der Waals surface area contributed by atoms with Crippen molar-refractivity contribution < 1.29 is 18.7 Å². The van der Waals surface area contributed by atoms with E-state index < -0.39 is 0 Å². The van der Waals surface area contributed by atoms with Crippen LogP contribution >= 0.6 is 0 Å². The molecular formula is C16H19NO4. The third-order valence-corrected chi connectivity index (χ3v) is 3.00. The Balaban J connectivity index is 1.82. The molecule has 5 heteroatoms. The van der Waals surface area contributed by atoms with Gasteiger partial charge in [0.2, 0.25) is 0 Å². The number of rotatable bonds is 6. The number of carbonyl (C=O) groups excluding carboxylic acids is 1. The summed E-state index contributed by atoms with van der Waals surface area (Å²) in [4.78, 5) is 12.0. The second kappa shape index (κ2) is 6.83. The van der Waals surface area contributed by atoms with Gasteiger partial charge in [-0.25, -0.2) is 0 Å². The lowest BCUT2D eigenvalue weighted by Crippen LogP contribution is -2.28. The standard InChI is InChI=1S/C16H19NO4/c1-11-10-13(12(2)21-11)16(18)17-8-9-20-15-7-5-4-6-14(15)19-3/h4-7,10H,8-9H2,1-3H3,(H,17,18). The van der Waals surface area contributed by atoms with Gasteiger partial charge in [0.15, 0.2) is 11.5 Å². The first-order chi connectivity index (χ1) is 10.1. The molecule has 2 rings (SSSR count). The molecule has 0 saturated heterocycles. The minimum atomic E-state index is -0.159. The molecule has 0 atom stereocenters. The van der Waals surface area contributed by atoms with Crippen LogP contribution in [0.4, 0.5) is 0 Å². The van der Waals surface area contributed by atoms with E-state index in [-0.39, 0.29) is 5.91 Å². The lowest BCUT2D eigenvalue weighted by Gasteiger charge is -2.10. The third-order valence-electron chi connectivity index (χ3n) is 3.00. The van der Waals surface area contributed by atoms with E-state index >= 15 is 0 Å². The topological polar surface area (TPSA) is 60.7 Å². The van der Waals surface area contributed by atoms with E-state index in [2.05, 4.69) is 5.32 Å². The summed E-state index contributed by atoms with van der Waals surface area (Å²) in [5, 5.41) is 2.80. The Bertz CT molecular complexity index is 618. The van der Waals surface area contributed by atoms with Crippen LogP contribution in [0.3, 0.4) is 0 Å². The van der Waals surface area contributed by atoms with Crippen LogP contribution < -0.4 is 14.8 Å². The van der Waals surface area contributed by atoms with Gasteiger partial charge in [0, 0.05) is 0 Å². The molecule has 0 radical (unpaired) electrons. The van der Waals surface area contributed by atoms with Gasteiger partial charge in [0.05, 0.1) is 19.2 Å². The van der Waals surface area contributed by atoms with Crippen molar-refractivity contribution in [3.63, 3.8) is 0 Å². The summed E-state index contributed by atoms with van der Waals surface area (Å²) < 4.78 is 16.1. The second-order valence-electron chi connectivity index (χ2n) is 4.58. The first kappa shape index (κ1) is 15.0. The lowest BCUT2D eigenvalue weighted by molar-refractivity contribution is 0.0945. The molecule has 2 aromatic rings. The van der Waals surface area contributed by atoms with Crippen molar-refractivity contribution in [2.24, 2.45) is 0 Å². The summed E-state index contributed by atoms with van der Waals surface area (Å²) in [5.41, 5.74) is 0.560. The molecule has 0 spiro atoms. The van der Waals surface area contributed by atoms with Crippen LogP contribution in [-0.4, -0.2) is 26.2 Å². The van der Waals surface area contributed by atoms with E-state index in [1.54, 1.807) is 20.1 Å². The van der Waals surface area contributed by atoms with Gasteiger partial charge in [-0.15, -0.1) is 0 Å². The Hall–Kier alpha value is -2.43. The number of carbonyl (C=O) groups is 1. The highest BCUT2D eigenvalue weighted by atomic mass is 16.5. The highest BCUT2D eigenvalue weighted by Gasteiger charge is 2.12. The van der Waals surface area contributed by atoms with Crippen LogP contribution in [0.5, 0.6) is 11.5 Å². The molecule has 0 aliphatic carbocycles. The number of ether oxygens (including phenoxy) is 2. The summed E-state index contributed by atoms with van der Waals surface area (Å²) in [6.07, 6.45) is 0. The van der Waals surface area contributed by atoms with Crippen LogP contribution in [0, 0.1) is 13.8 Å². The van der Waals surface area contributed by atoms with Gasteiger partial charge in [-0.2, -0.15) is 0 Å². The molecule has 1 amide bonds. The van der Waals surface area contributed by atoms with Gasteiger partial charge in [0.1, 0.15) is 18.1 Å².